The van der Waals surface area contributed by atoms with E-state index in [9.17, 15) is 4.79 Å². The van der Waals surface area contributed by atoms with Crippen molar-refractivity contribution in [2.45, 2.75) is 19.8 Å². The summed E-state index contributed by atoms with van der Waals surface area (Å²) in [5, 5.41) is 0. The molecule has 102 valence electrons. The summed E-state index contributed by atoms with van der Waals surface area (Å²) >= 11 is 0. The number of amides is 1. The van der Waals surface area contributed by atoms with E-state index in [-0.39, 0.29) is 11.8 Å². The summed E-state index contributed by atoms with van der Waals surface area (Å²) in [4.78, 5) is 14.6. The van der Waals surface area contributed by atoms with Crippen molar-refractivity contribution in [3.8, 4) is 0 Å². The van der Waals surface area contributed by atoms with Gasteiger partial charge in [0.15, 0.2) is 0 Å². The third kappa shape index (κ3) is 1.95. The zero-order valence-corrected chi connectivity index (χ0v) is 11.8. The van der Waals surface area contributed by atoms with E-state index in [4.69, 9.17) is 5.73 Å². The molecule has 3 rings (SSSR count). The lowest BCUT2D eigenvalue weighted by molar-refractivity contribution is 0.0978. The number of aryl methyl sites for hydroxylation is 1. The van der Waals surface area contributed by atoms with Gasteiger partial charge in [-0.05, 0) is 36.2 Å². The molecule has 2 N–H and O–H groups in total. The highest BCUT2D eigenvalue weighted by molar-refractivity contribution is 6.11. The van der Waals surface area contributed by atoms with Gasteiger partial charge in [-0.2, -0.15) is 0 Å². The van der Waals surface area contributed by atoms with Crippen molar-refractivity contribution in [3.63, 3.8) is 0 Å². The molecule has 1 unspecified atom stereocenters. The predicted molar refractivity (Wildman–Crippen MR) is 82.1 cm³/mol. The molecule has 0 aromatic heterocycles. The maximum Gasteiger partial charge on any atom is 0.260 e. The molecule has 0 radical (unpaired) electrons. The molecule has 2 aromatic rings. The highest BCUT2D eigenvalue weighted by atomic mass is 16.2. The van der Waals surface area contributed by atoms with Gasteiger partial charge in [-0.15, -0.1) is 0 Å². The molecular weight excluding hydrogens is 248 g/mol. The SMILES string of the molecule is Cc1cccc(N2CC(C)c3cccc(N)c3C2=O)c1. The summed E-state index contributed by atoms with van der Waals surface area (Å²) in [6.07, 6.45) is 0. The summed E-state index contributed by atoms with van der Waals surface area (Å²) in [7, 11) is 0. The van der Waals surface area contributed by atoms with E-state index in [0.29, 0.717) is 17.8 Å². The molecule has 0 bridgehead atoms. The number of benzene rings is 2. The maximum atomic E-state index is 12.7. The topological polar surface area (TPSA) is 46.3 Å². The molecule has 1 atom stereocenters. The Balaban J connectivity index is 2.10. The monoisotopic (exact) mass is 266 g/mol. The summed E-state index contributed by atoms with van der Waals surface area (Å²) < 4.78 is 0. The van der Waals surface area contributed by atoms with Crippen molar-refractivity contribution in [2.75, 3.05) is 17.2 Å². The third-order valence-corrected chi connectivity index (χ3v) is 3.89. The first-order chi connectivity index (χ1) is 9.58. The van der Waals surface area contributed by atoms with Crippen molar-refractivity contribution < 1.29 is 4.79 Å². The van der Waals surface area contributed by atoms with Crippen LogP contribution in [0, 0.1) is 6.92 Å². The van der Waals surface area contributed by atoms with Crippen LogP contribution in [0.1, 0.15) is 34.3 Å². The predicted octanol–water partition coefficient (Wildman–Crippen LogP) is 3.34. The lowest BCUT2D eigenvalue weighted by Crippen LogP contribution is -2.39. The molecule has 1 heterocycles. The number of hydrogen-bond donors (Lipinski definition) is 1. The first-order valence-corrected chi connectivity index (χ1v) is 6.85. The highest BCUT2D eigenvalue weighted by Crippen LogP contribution is 2.34. The van der Waals surface area contributed by atoms with Crippen LogP contribution < -0.4 is 10.6 Å². The van der Waals surface area contributed by atoms with E-state index >= 15 is 0 Å². The molecule has 1 aliphatic rings. The van der Waals surface area contributed by atoms with Gasteiger partial charge in [0.1, 0.15) is 0 Å². The second kappa shape index (κ2) is 4.67. The first kappa shape index (κ1) is 12.7. The quantitative estimate of drug-likeness (QED) is 0.805. The van der Waals surface area contributed by atoms with E-state index < -0.39 is 0 Å². The largest absolute Gasteiger partial charge is 0.398 e. The van der Waals surface area contributed by atoms with Gasteiger partial charge in [0.25, 0.3) is 5.91 Å². The molecule has 0 spiro atoms. The Kier molecular flexibility index (Phi) is 2.97. The molecule has 0 fully saturated rings. The Morgan fingerprint density at radius 2 is 1.95 bits per heavy atom. The first-order valence-electron chi connectivity index (χ1n) is 6.85. The lowest BCUT2D eigenvalue weighted by atomic mass is 9.89. The molecule has 0 saturated carbocycles. The Bertz CT molecular complexity index is 678. The number of nitrogens with two attached hydrogens (primary N) is 1. The van der Waals surface area contributed by atoms with Gasteiger partial charge in [-0.1, -0.05) is 31.2 Å². The minimum Gasteiger partial charge on any atom is -0.398 e. The van der Waals surface area contributed by atoms with Gasteiger partial charge in [0.2, 0.25) is 0 Å². The zero-order chi connectivity index (χ0) is 14.3. The van der Waals surface area contributed by atoms with Crippen LogP contribution >= 0.6 is 0 Å². The molecule has 1 amide bonds. The standard InChI is InChI=1S/C17H18N2O/c1-11-5-3-6-13(9-11)19-10-12(2)14-7-4-8-15(18)16(14)17(19)20/h3-9,12H,10,18H2,1-2H3. The second-order valence-electron chi connectivity index (χ2n) is 5.47. The van der Waals surface area contributed by atoms with E-state index in [1.165, 1.54) is 0 Å². The van der Waals surface area contributed by atoms with Crippen LogP contribution in [-0.4, -0.2) is 12.5 Å². The zero-order valence-electron chi connectivity index (χ0n) is 11.8. The van der Waals surface area contributed by atoms with Crippen molar-refractivity contribution in [3.05, 3.63) is 59.2 Å². The fraction of sp³-hybridized carbons (Fsp3) is 0.235. The van der Waals surface area contributed by atoms with Gasteiger partial charge in [-0.25, -0.2) is 0 Å². The van der Waals surface area contributed by atoms with Gasteiger partial charge in [0.05, 0.1) is 5.56 Å². The van der Waals surface area contributed by atoms with Gasteiger partial charge >= 0.3 is 0 Å². The number of hydrogen-bond acceptors (Lipinski definition) is 2. The molecule has 0 aliphatic carbocycles. The number of anilines is 2. The second-order valence-corrected chi connectivity index (χ2v) is 5.47. The van der Waals surface area contributed by atoms with Crippen LogP contribution in [0.5, 0.6) is 0 Å². The maximum absolute atomic E-state index is 12.7. The van der Waals surface area contributed by atoms with Crippen LogP contribution in [-0.2, 0) is 0 Å². The smallest absolute Gasteiger partial charge is 0.260 e. The number of rotatable bonds is 1. The summed E-state index contributed by atoms with van der Waals surface area (Å²) in [5.74, 6) is 0.286. The molecule has 20 heavy (non-hydrogen) atoms. The van der Waals surface area contributed by atoms with E-state index in [1.807, 2.05) is 48.2 Å². The minimum atomic E-state index is 0.00167. The Morgan fingerprint density at radius 1 is 1.20 bits per heavy atom. The van der Waals surface area contributed by atoms with Gasteiger partial charge in [0, 0.05) is 23.8 Å². The molecule has 2 aromatic carbocycles. The lowest BCUT2D eigenvalue weighted by Gasteiger charge is -2.33. The molecule has 3 nitrogen and oxygen atoms in total. The summed E-state index contributed by atoms with van der Waals surface area (Å²) in [5.41, 5.74) is 10.4. The van der Waals surface area contributed by atoms with Crippen molar-refractivity contribution in [1.29, 1.82) is 0 Å². The van der Waals surface area contributed by atoms with Crippen LogP contribution in [0.3, 0.4) is 0 Å². The average Bonchev–Trinajstić information content (AvgIpc) is 2.42. The van der Waals surface area contributed by atoms with Crippen LogP contribution in [0.4, 0.5) is 11.4 Å². The van der Waals surface area contributed by atoms with Gasteiger partial charge < -0.3 is 10.6 Å². The fourth-order valence-corrected chi connectivity index (χ4v) is 2.86. The molecule has 3 heteroatoms. The van der Waals surface area contributed by atoms with E-state index in [2.05, 4.69) is 6.92 Å². The molecule has 0 saturated heterocycles. The van der Waals surface area contributed by atoms with Crippen molar-refractivity contribution in [2.24, 2.45) is 0 Å². The molecule has 1 aliphatic heterocycles. The fourth-order valence-electron chi connectivity index (χ4n) is 2.86. The Morgan fingerprint density at radius 3 is 2.70 bits per heavy atom. The number of nitrogen functional groups attached to an aromatic ring is 1. The summed E-state index contributed by atoms with van der Waals surface area (Å²) in [6.45, 7) is 4.86. The normalized spacial score (nSPS) is 18.0. The number of carbonyl (C=O) groups is 1. The van der Waals surface area contributed by atoms with Gasteiger partial charge in [-0.3, -0.25) is 4.79 Å². The van der Waals surface area contributed by atoms with Crippen molar-refractivity contribution in [1.82, 2.24) is 0 Å². The van der Waals surface area contributed by atoms with Crippen LogP contribution in [0.2, 0.25) is 0 Å². The van der Waals surface area contributed by atoms with E-state index in [1.54, 1.807) is 6.07 Å². The Labute approximate surface area is 119 Å². The number of nitrogens with zero attached hydrogens (tertiary/aromatic N) is 1. The van der Waals surface area contributed by atoms with E-state index in [0.717, 1.165) is 16.8 Å². The number of fused-ring (bicyclic) bond motifs is 1. The Hall–Kier alpha value is -2.29. The minimum absolute atomic E-state index is 0.00167. The summed E-state index contributed by atoms with van der Waals surface area (Å²) in [6, 6.07) is 13.7. The molecular formula is C17H18N2O. The van der Waals surface area contributed by atoms with Crippen LogP contribution in [0.25, 0.3) is 0 Å². The number of carbonyl (C=O) groups excluding carboxylic acids is 1. The average molecular weight is 266 g/mol. The highest BCUT2D eigenvalue weighted by Gasteiger charge is 2.31. The van der Waals surface area contributed by atoms with Crippen LogP contribution in [0.15, 0.2) is 42.5 Å². The van der Waals surface area contributed by atoms with Crippen molar-refractivity contribution >= 4 is 17.3 Å². The third-order valence-electron chi connectivity index (χ3n) is 3.89.